The molecule has 0 unspecified atom stereocenters. The Bertz CT molecular complexity index is 400. The Morgan fingerprint density at radius 3 is 2.60 bits per heavy atom. The normalized spacial score (nSPS) is 16.8. The van der Waals surface area contributed by atoms with E-state index in [1.54, 1.807) is 0 Å². The van der Waals surface area contributed by atoms with E-state index in [0.29, 0.717) is 12.8 Å². The molecule has 0 aromatic carbocycles. The van der Waals surface area contributed by atoms with Crippen LogP contribution in [0.25, 0.3) is 0 Å². The van der Waals surface area contributed by atoms with Crippen LogP contribution in [0.1, 0.15) is 23.3 Å². The molecule has 2 rings (SSSR count). The van der Waals surface area contributed by atoms with Crippen LogP contribution >= 0.6 is 0 Å². The summed E-state index contributed by atoms with van der Waals surface area (Å²) in [5.41, 5.74) is -0.945. The van der Waals surface area contributed by atoms with Gasteiger partial charge >= 0.3 is 5.97 Å². The minimum atomic E-state index is -1.07. The summed E-state index contributed by atoms with van der Waals surface area (Å²) in [6, 6.07) is 0. The van der Waals surface area contributed by atoms with E-state index in [1.165, 1.54) is 18.6 Å². The highest BCUT2D eigenvalue weighted by Gasteiger charge is 2.51. The molecule has 15 heavy (non-hydrogen) atoms. The molecular weight excluding hydrogens is 198 g/mol. The van der Waals surface area contributed by atoms with Crippen molar-refractivity contribution in [2.45, 2.75) is 18.4 Å². The van der Waals surface area contributed by atoms with Crippen molar-refractivity contribution in [3.8, 4) is 0 Å². The predicted octanol–water partition coefficient (Wildman–Crippen LogP) is -0.176. The summed E-state index contributed by atoms with van der Waals surface area (Å²) in [4.78, 5) is 29.8. The molecule has 1 aromatic rings. The van der Waals surface area contributed by atoms with Crippen molar-refractivity contribution in [1.82, 2.24) is 15.3 Å². The summed E-state index contributed by atoms with van der Waals surface area (Å²) in [7, 11) is 0. The smallest absolute Gasteiger partial charge is 0.329 e. The number of nitrogens with one attached hydrogen (secondary N) is 1. The minimum absolute atomic E-state index is 0.130. The van der Waals surface area contributed by atoms with Gasteiger partial charge in [0.25, 0.3) is 5.91 Å². The van der Waals surface area contributed by atoms with E-state index in [0.717, 1.165) is 0 Å². The van der Waals surface area contributed by atoms with Crippen LogP contribution in [0, 0.1) is 0 Å². The topological polar surface area (TPSA) is 92.2 Å². The van der Waals surface area contributed by atoms with Crippen LogP contribution < -0.4 is 5.32 Å². The first-order valence-corrected chi connectivity index (χ1v) is 4.46. The quantitative estimate of drug-likeness (QED) is 0.717. The molecule has 6 heteroatoms. The molecule has 0 saturated heterocycles. The Kier molecular flexibility index (Phi) is 2.11. The van der Waals surface area contributed by atoms with Crippen LogP contribution in [0.4, 0.5) is 0 Å². The van der Waals surface area contributed by atoms with Gasteiger partial charge in [-0.1, -0.05) is 0 Å². The van der Waals surface area contributed by atoms with E-state index in [1.807, 2.05) is 0 Å². The fourth-order valence-electron chi connectivity index (χ4n) is 1.22. The highest BCUT2D eigenvalue weighted by Crippen LogP contribution is 2.35. The number of carbonyl (C=O) groups is 2. The van der Waals surface area contributed by atoms with Crippen molar-refractivity contribution < 1.29 is 14.7 Å². The van der Waals surface area contributed by atoms with Gasteiger partial charge in [0, 0.05) is 12.4 Å². The Balaban J connectivity index is 2.08. The van der Waals surface area contributed by atoms with Gasteiger partial charge in [0.1, 0.15) is 11.2 Å². The van der Waals surface area contributed by atoms with Crippen LogP contribution in [-0.4, -0.2) is 32.5 Å². The summed E-state index contributed by atoms with van der Waals surface area (Å²) < 4.78 is 0. The monoisotopic (exact) mass is 207 g/mol. The van der Waals surface area contributed by atoms with E-state index < -0.39 is 17.4 Å². The Morgan fingerprint density at radius 2 is 2.13 bits per heavy atom. The zero-order chi connectivity index (χ0) is 10.9. The first-order valence-electron chi connectivity index (χ1n) is 4.46. The summed E-state index contributed by atoms with van der Waals surface area (Å²) >= 11 is 0. The number of amides is 1. The Labute approximate surface area is 85.4 Å². The molecular formula is C9H9N3O3. The summed E-state index contributed by atoms with van der Waals surface area (Å²) in [5.74, 6) is -1.50. The van der Waals surface area contributed by atoms with Gasteiger partial charge in [-0.2, -0.15) is 0 Å². The van der Waals surface area contributed by atoms with Gasteiger partial charge in [-0.3, -0.25) is 9.78 Å². The molecule has 0 aliphatic heterocycles. The van der Waals surface area contributed by atoms with Crippen molar-refractivity contribution >= 4 is 11.9 Å². The van der Waals surface area contributed by atoms with Gasteiger partial charge in [-0.15, -0.1) is 0 Å². The van der Waals surface area contributed by atoms with Crippen molar-refractivity contribution in [3.05, 3.63) is 24.3 Å². The third-order valence-electron chi connectivity index (χ3n) is 2.31. The zero-order valence-corrected chi connectivity index (χ0v) is 7.80. The highest BCUT2D eigenvalue weighted by molar-refractivity contribution is 5.97. The number of rotatable bonds is 3. The maximum atomic E-state index is 11.5. The lowest BCUT2D eigenvalue weighted by molar-refractivity contribution is -0.140. The van der Waals surface area contributed by atoms with Gasteiger partial charge < -0.3 is 10.4 Å². The molecule has 1 aromatic heterocycles. The second-order valence-electron chi connectivity index (χ2n) is 3.43. The lowest BCUT2D eigenvalue weighted by atomic mass is 10.2. The lowest BCUT2D eigenvalue weighted by Gasteiger charge is -2.11. The maximum Gasteiger partial charge on any atom is 0.329 e. The average Bonchev–Trinajstić information content (AvgIpc) is 3.00. The average molecular weight is 207 g/mol. The molecule has 2 N–H and O–H groups in total. The van der Waals surface area contributed by atoms with Gasteiger partial charge in [0.2, 0.25) is 0 Å². The van der Waals surface area contributed by atoms with Crippen LogP contribution in [0.3, 0.4) is 0 Å². The molecule has 1 fully saturated rings. The van der Waals surface area contributed by atoms with E-state index >= 15 is 0 Å². The second kappa shape index (κ2) is 3.30. The SMILES string of the molecule is O=C(NC1(C(=O)O)CC1)c1cnccn1. The third-order valence-corrected chi connectivity index (χ3v) is 2.31. The standard InChI is InChI=1S/C9H9N3O3/c13-7(6-5-10-3-4-11-6)12-9(1-2-9)8(14)15/h3-5H,1-2H2,(H,12,13)(H,14,15). The van der Waals surface area contributed by atoms with Crippen LogP contribution in [0.2, 0.25) is 0 Å². The first-order chi connectivity index (χ1) is 7.14. The predicted molar refractivity (Wildman–Crippen MR) is 49.1 cm³/mol. The van der Waals surface area contributed by atoms with Crippen molar-refractivity contribution in [2.75, 3.05) is 0 Å². The molecule has 0 spiro atoms. The minimum Gasteiger partial charge on any atom is -0.480 e. The molecule has 6 nitrogen and oxygen atoms in total. The molecule has 1 aliphatic rings. The first kappa shape index (κ1) is 9.57. The summed E-state index contributed by atoms with van der Waals surface area (Å²) in [5, 5.41) is 11.3. The number of carbonyl (C=O) groups excluding carboxylic acids is 1. The van der Waals surface area contributed by atoms with Gasteiger partial charge in [0.15, 0.2) is 0 Å². The van der Waals surface area contributed by atoms with E-state index in [9.17, 15) is 9.59 Å². The number of hydrogen-bond acceptors (Lipinski definition) is 4. The maximum absolute atomic E-state index is 11.5. The van der Waals surface area contributed by atoms with Gasteiger partial charge in [0.05, 0.1) is 6.20 Å². The molecule has 1 saturated carbocycles. The van der Waals surface area contributed by atoms with Gasteiger partial charge in [-0.25, -0.2) is 9.78 Å². The van der Waals surface area contributed by atoms with Crippen molar-refractivity contribution in [1.29, 1.82) is 0 Å². The molecule has 78 valence electrons. The molecule has 0 atom stereocenters. The van der Waals surface area contributed by atoms with E-state index in [2.05, 4.69) is 15.3 Å². The fraction of sp³-hybridized carbons (Fsp3) is 0.333. The van der Waals surface area contributed by atoms with Crippen LogP contribution in [0.15, 0.2) is 18.6 Å². The van der Waals surface area contributed by atoms with Gasteiger partial charge in [-0.05, 0) is 12.8 Å². The number of nitrogens with zero attached hydrogens (tertiary/aromatic N) is 2. The Hall–Kier alpha value is -1.98. The van der Waals surface area contributed by atoms with E-state index in [-0.39, 0.29) is 5.69 Å². The van der Waals surface area contributed by atoms with E-state index in [4.69, 9.17) is 5.11 Å². The Morgan fingerprint density at radius 1 is 1.40 bits per heavy atom. The third kappa shape index (κ3) is 1.78. The van der Waals surface area contributed by atoms with Crippen molar-refractivity contribution in [2.24, 2.45) is 0 Å². The fourth-order valence-corrected chi connectivity index (χ4v) is 1.22. The molecule has 0 bridgehead atoms. The number of aliphatic carboxylic acids is 1. The summed E-state index contributed by atoms with van der Waals surface area (Å²) in [6.45, 7) is 0. The zero-order valence-electron chi connectivity index (χ0n) is 7.80. The molecule has 1 amide bonds. The largest absolute Gasteiger partial charge is 0.480 e. The lowest BCUT2D eigenvalue weighted by Crippen LogP contribution is -2.43. The van der Waals surface area contributed by atoms with Crippen molar-refractivity contribution in [3.63, 3.8) is 0 Å². The molecule has 1 heterocycles. The molecule has 1 aliphatic carbocycles. The van der Waals surface area contributed by atoms with Crippen LogP contribution in [-0.2, 0) is 4.79 Å². The highest BCUT2D eigenvalue weighted by atomic mass is 16.4. The number of carboxylic acids is 1. The second-order valence-corrected chi connectivity index (χ2v) is 3.43. The number of aromatic nitrogens is 2. The number of carboxylic acid groups (broad SMARTS) is 1. The van der Waals surface area contributed by atoms with Crippen LogP contribution in [0.5, 0.6) is 0 Å². The number of hydrogen-bond donors (Lipinski definition) is 2. The summed E-state index contributed by atoms with van der Waals surface area (Å²) in [6.07, 6.45) is 5.06. The molecule has 0 radical (unpaired) electrons.